The summed E-state index contributed by atoms with van der Waals surface area (Å²) in [5.74, 6) is 1.17. The summed E-state index contributed by atoms with van der Waals surface area (Å²) in [7, 11) is 1.67. The second-order valence-corrected chi connectivity index (χ2v) is 5.85. The number of methoxy groups -OCH3 is 1. The predicted molar refractivity (Wildman–Crippen MR) is 91.5 cm³/mol. The van der Waals surface area contributed by atoms with Gasteiger partial charge in [0.1, 0.15) is 5.75 Å². The van der Waals surface area contributed by atoms with Crippen LogP contribution < -0.4 is 15.0 Å². The number of anilines is 2. The molecular formula is C17H22N4O3. The lowest BCUT2D eigenvalue weighted by molar-refractivity contribution is -0.117. The van der Waals surface area contributed by atoms with Crippen molar-refractivity contribution < 1.29 is 14.1 Å². The van der Waals surface area contributed by atoms with E-state index in [0.717, 1.165) is 43.3 Å². The molecule has 3 rings (SSSR count). The molecule has 2 heterocycles. The minimum atomic E-state index is -0.0824. The number of amides is 1. The first-order valence-electron chi connectivity index (χ1n) is 7.98. The van der Waals surface area contributed by atoms with E-state index in [1.54, 1.807) is 13.2 Å². The maximum atomic E-state index is 12.1. The van der Waals surface area contributed by atoms with Crippen LogP contribution in [0.2, 0.25) is 0 Å². The maximum absolute atomic E-state index is 12.1. The topological polar surface area (TPSA) is 70.8 Å². The normalized spacial score (nSPS) is 15.3. The number of hydrogen-bond donors (Lipinski definition) is 1. The van der Waals surface area contributed by atoms with Crippen LogP contribution in [0.3, 0.4) is 0 Å². The van der Waals surface area contributed by atoms with E-state index >= 15 is 0 Å². The van der Waals surface area contributed by atoms with Crippen LogP contribution in [0.15, 0.2) is 34.9 Å². The monoisotopic (exact) mass is 330 g/mol. The molecule has 0 spiro atoms. The number of aryl methyl sites for hydroxylation is 1. The Hall–Kier alpha value is -2.54. The molecule has 7 heteroatoms. The quantitative estimate of drug-likeness (QED) is 0.901. The first-order valence-corrected chi connectivity index (χ1v) is 7.98. The van der Waals surface area contributed by atoms with Crippen LogP contribution in [0.1, 0.15) is 5.69 Å². The van der Waals surface area contributed by atoms with Gasteiger partial charge in [-0.25, -0.2) is 0 Å². The highest BCUT2D eigenvalue weighted by molar-refractivity contribution is 5.91. The molecule has 0 radical (unpaired) electrons. The highest BCUT2D eigenvalue weighted by atomic mass is 16.5. The number of ether oxygens (including phenoxy) is 1. The third-order valence-electron chi connectivity index (χ3n) is 4.05. The Morgan fingerprint density at radius 3 is 2.75 bits per heavy atom. The summed E-state index contributed by atoms with van der Waals surface area (Å²) < 4.78 is 10.3. The summed E-state index contributed by atoms with van der Waals surface area (Å²) in [6.07, 6.45) is 0. The molecule has 1 saturated heterocycles. The summed E-state index contributed by atoms with van der Waals surface area (Å²) >= 11 is 0. The minimum absolute atomic E-state index is 0.0824. The fourth-order valence-corrected chi connectivity index (χ4v) is 2.77. The SMILES string of the molecule is COc1cccc(N2CCN(CC(=O)Nc3cc(C)no3)CC2)c1. The number of aromatic nitrogens is 1. The van der Waals surface area contributed by atoms with E-state index in [1.165, 1.54) is 0 Å². The highest BCUT2D eigenvalue weighted by Gasteiger charge is 2.20. The number of benzene rings is 1. The summed E-state index contributed by atoms with van der Waals surface area (Å²) in [5, 5.41) is 6.48. The maximum Gasteiger partial charge on any atom is 0.240 e. The molecule has 0 saturated carbocycles. The molecule has 7 nitrogen and oxygen atoms in total. The van der Waals surface area contributed by atoms with Crippen LogP contribution in [0, 0.1) is 6.92 Å². The van der Waals surface area contributed by atoms with Gasteiger partial charge in [0, 0.05) is 44.0 Å². The van der Waals surface area contributed by atoms with Crippen molar-refractivity contribution in [2.24, 2.45) is 0 Å². The van der Waals surface area contributed by atoms with Crippen molar-refractivity contribution in [2.75, 3.05) is 50.1 Å². The van der Waals surface area contributed by atoms with Gasteiger partial charge in [-0.2, -0.15) is 0 Å². The van der Waals surface area contributed by atoms with E-state index in [2.05, 4.69) is 26.3 Å². The van der Waals surface area contributed by atoms with Crippen LogP contribution in [-0.2, 0) is 4.79 Å². The van der Waals surface area contributed by atoms with Gasteiger partial charge >= 0.3 is 0 Å². The number of hydrogen-bond acceptors (Lipinski definition) is 6. The zero-order valence-corrected chi connectivity index (χ0v) is 14.0. The summed E-state index contributed by atoms with van der Waals surface area (Å²) in [6, 6.07) is 9.76. The molecule has 2 aromatic rings. The molecular weight excluding hydrogens is 308 g/mol. The Bertz CT molecular complexity index is 693. The van der Waals surface area contributed by atoms with Gasteiger partial charge in [-0.1, -0.05) is 11.2 Å². The fraction of sp³-hybridized carbons (Fsp3) is 0.412. The predicted octanol–water partition coefficient (Wildman–Crippen LogP) is 1.75. The van der Waals surface area contributed by atoms with E-state index in [0.29, 0.717) is 12.4 Å². The van der Waals surface area contributed by atoms with Crippen LogP contribution in [0.25, 0.3) is 0 Å². The summed E-state index contributed by atoms with van der Waals surface area (Å²) in [4.78, 5) is 16.5. The van der Waals surface area contributed by atoms with Crippen LogP contribution in [-0.4, -0.2) is 55.8 Å². The average Bonchev–Trinajstić information content (AvgIpc) is 3.00. The Morgan fingerprint density at radius 1 is 1.29 bits per heavy atom. The van der Waals surface area contributed by atoms with Gasteiger partial charge in [0.2, 0.25) is 11.8 Å². The van der Waals surface area contributed by atoms with Crippen molar-refractivity contribution in [3.63, 3.8) is 0 Å². The highest BCUT2D eigenvalue weighted by Crippen LogP contribution is 2.22. The molecule has 1 aromatic heterocycles. The average molecular weight is 330 g/mol. The van der Waals surface area contributed by atoms with Gasteiger partial charge < -0.3 is 14.2 Å². The zero-order chi connectivity index (χ0) is 16.9. The van der Waals surface area contributed by atoms with Crippen molar-refractivity contribution in [1.29, 1.82) is 0 Å². The number of piperazine rings is 1. The molecule has 0 bridgehead atoms. The molecule has 0 unspecified atom stereocenters. The van der Waals surface area contributed by atoms with Gasteiger partial charge in [0.25, 0.3) is 0 Å². The standard InChI is InChI=1S/C17H22N4O3/c1-13-10-17(24-19-13)18-16(22)12-20-6-8-21(9-7-20)14-4-3-5-15(11-14)23-2/h3-5,10-11H,6-9,12H2,1-2H3,(H,18,22). The van der Waals surface area contributed by atoms with Gasteiger partial charge in [-0.15, -0.1) is 0 Å². The smallest absolute Gasteiger partial charge is 0.240 e. The molecule has 1 aliphatic rings. The second-order valence-electron chi connectivity index (χ2n) is 5.85. The number of nitrogens with zero attached hydrogens (tertiary/aromatic N) is 3. The van der Waals surface area contributed by atoms with Crippen molar-refractivity contribution in [1.82, 2.24) is 10.1 Å². The van der Waals surface area contributed by atoms with Crippen LogP contribution in [0.5, 0.6) is 5.75 Å². The number of carbonyl (C=O) groups excluding carboxylic acids is 1. The zero-order valence-electron chi connectivity index (χ0n) is 14.0. The molecule has 0 aliphatic carbocycles. The van der Waals surface area contributed by atoms with Crippen molar-refractivity contribution in [3.05, 3.63) is 36.0 Å². The molecule has 1 amide bonds. The lowest BCUT2D eigenvalue weighted by Crippen LogP contribution is -2.48. The Labute approximate surface area is 141 Å². The molecule has 24 heavy (non-hydrogen) atoms. The Kier molecular flexibility index (Phi) is 5.00. The lowest BCUT2D eigenvalue weighted by Gasteiger charge is -2.35. The van der Waals surface area contributed by atoms with Gasteiger partial charge in [-0.3, -0.25) is 15.0 Å². The first-order chi connectivity index (χ1) is 11.6. The third-order valence-corrected chi connectivity index (χ3v) is 4.05. The largest absolute Gasteiger partial charge is 0.497 e. The van der Waals surface area contributed by atoms with E-state index in [9.17, 15) is 4.79 Å². The number of rotatable bonds is 5. The third kappa shape index (κ3) is 4.05. The lowest BCUT2D eigenvalue weighted by atomic mass is 10.2. The van der Waals surface area contributed by atoms with Crippen LogP contribution in [0.4, 0.5) is 11.6 Å². The molecule has 128 valence electrons. The molecule has 0 atom stereocenters. The van der Waals surface area contributed by atoms with Crippen molar-refractivity contribution >= 4 is 17.5 Å². The molecule has 1 fully saturated rings. The van der Waals surface area contributed by atoms with E-state index in [4.69, 9.17) is 9.26 Å². The van der Waals surface area contributed by atoms with Crippen molar-refractivity contribution in [3.8, 4) is 5.75 Å². The minimum Gasteiger partial charge on any atom is -0.497 e. The van der Waals surface area contributed by atoms with E-state index in [1.807, 2.05) is 25.1 Å². The summed E-state index contributed by atoms with van der Waals surface area (Å²) in [5.41, 5.74) is 1.90. The van der Waals surface area contributed by atoms with Gasteiger partial charge in [-0.05, 0) is 19.1 Å². The van der Waals surface area contributed by atoms with E-state index in [-0.39, 0.29) is 5.91 Å². The second kappa shape index (κ2) is 7.35. The van der Waals surface area contributed by atoms with Gasteiger partial charge in [0.05, 0.1) is 19.3 Å². The van der Waals surface area contributed by atoms with Crippen LogP contribution >= 0.6 is 0 Å². The van der Waals surface area contributed by atoms with Gasteiger partial charge in [0.15, 0.2) is 0 Å². The summed E-state index contributed by atoms with van der Waals surface area (Å²) in [6.45, 7) is 5.59. The van der Waals surface area contributed by atoms with Crippen molar-refractivity contribution in [2.45, 2.75) is 6.92 Å². The molecule has 1 N–H and O–H groups in total. The molecule has 1 aliphatic heterocycles. The number of nitrogens with one attached hydrogen (secondary N) is 1. The van der Waals surface area contributed by atoms with E-state index < -0.39 is 0 Å². The fourth-order valence-electron chi connectivity index (χ4n) is 2.77. The Balaban J connectivity index is 1.48. The first kappa shape index (κ1) is 16.3. The Morgan fingerprint density at radius 2 is 2.08 bits per heavy atom. The number of carbonyl (C=O) groups is 1. The molecule has 1 aromatic carbocycles.